The molecule has 1 fully saturated rings. The van der Waals surface area contributed by atoms with Gasteiger partial charge in [-0.2, -0.15) is 26.3 Å². The van der Waals surface area contributed by atoms with E-state index in [2.05, 4.69) is 10.2 Å². The summed E-state index contributed by atoms with van der Waals surface area (Å²) in [6.45, 7) is -0.947. The minimum absolute atomic E-state index is 0.0247. The number of nitrogens with one attached hydrogen (secondary N) is 1. The maximum atomic E-state index is 13.7. The first kappa shape index (κ1) is 33.3. The zero-order valence-corrected chi connectivity index (χ0v) is 25.0. The van der Waals surface area contributed by atoms with Crippen LogP contribution in [0.1, 0.15) is 53.1 Å². The molecule has 0 atom stereocenters. The lowest BCUT2D eigenvalue weighted by Gasteiger charge is -2.33. The molecule has 0 radical (unpaired) electrons. The van der Waals surface area contributed by atoms with Gasteiger partial charge in [0.15, 0.2) is 6.61 Å². The van der Waals surface area contributed by atoms with E-state index in [4.69, 9.17) is 4.74 Å². The minimum Gasteiger partial charge on any atom is -0.483 e. The number of likely N-dealkylation sites (tertiary alicyclic amines) is 1. The van der Waals surface area contributed by atoms with Gasteiger partial charge in [-0.1, -0.05) is 60.7 Å². The van der Waals surface area contributed by atoms with E-state index < -0.39 is 43.2 Å². The molecule has 1 N–H and O–H groups in total. The van der Waals surface area contributed by atoms with Crippen LogP contribution in [0.5, 0.6) is 5.75 Å². The van der Waals surface area contributed by atoms with E-state index in [-0.39, 0.29) is 23.9 Å². The molecule has 1 heterocycles. The van der Waals surface area contributed by atoms with E-state index >= 15 is 0 Å². The number of piperidine rings is 1. The van der Waals surface area contributed by atoms with Gasteiger partial charge in [0.2, 0.25) is 5.91 Å². The summed E-state index contributed by atoms with van der Waals surface area (Å²) in [7, 11) is 0. The van der Waals surface area contributed by atoms with Crippen LogP contribution in [-0.2, 0) is 4.79 Å². The van der Waals surface area contributed by atoms with Gasteiger partial charge in [-0.05, 0) is 66.6 Å². The second-order valence-electron chi connectivity index (χ2n) is 11.7. The van der Waals surface area contributed by atoms with Crippen molar-refractivity contribution < 1.29 is 40.7 Å². The van der Waals surface area contributed by atoms with Crippen molar-refractivity contribution in [1.29, 1.82) is 0 Å². The molecule has 12 heteroatoms. The summed E-state index contributed by atoms with van der Waals surface area (Å²) in [6, 6.07) is 20.2. The highest BCUT2D eigenvalue weighted by molar-refractivity contribution is 5.97. The van der Waals surface area contributed by atoms with Crippen LogP contribution in [0.4, 0.5) is 26.3 Å². The fourth-order valence-corrected chi connectivity index (χ4v) is 6.23. The number of alkyl halides is 6. The van der Waals surface area contributed by atoms with Crippen molar-refractivity contribution in [2.45, 2.75) is 50.0 Å². The highest BCUT2D eigenvalue weighted by Gasteiger charge is 2.40. The fraction of sp³-hybridized carbons (Fsp3) is 0.412. The number of carbonyl (C=O) groups is 2. The van der Waals surface area contributed by atoms with E-state index in [9.17, 15) is 35.9 Å². The van der Waals surface area contributed by atoms with Crippen LogP contribution in [0.2, 0.25) is 0 Å². The highest BCUT2D eigenvalue weighted by Crippen LogP contribution is 2.45. The summed E-state index contributed by atoms with van der Waals surface area (Å²) in [5.41, 5.74) is 3.18. The molecular formula is C34H35F6N3O3. The van der Waals surface area contributed by atoms with Gasteiger partial charge in [0.05, 0.1) is 11.5 Å². The Kier molecular flexibility index (Phi) is 10.2. The quantitative estimate of drug-likeness (QED) is 0.184. The van der Waals surface area contributed by atoms with Crippen LogP contribution in [0.15, 0.2) is 72.8 Å². The summed E-state index contributed by atoms with van der Waals surface area (Å²) in [6.07, 6.45) is -6.88. The Labute approximate surface area is 263 Å². The first-order valence-corrected chi connectivity index (χ1v) is 15.3. The summed E-state index contributed by atoms with van der Waals surface area (Å²) in [5, 5.41) is 2.87. The predicted molar refractivity (Wildman–Crippen MR) is 161 cm³/mol. The third-order valence-electron chi connectivity index (χ3n) is 8.36. The number of amides is 2. The molecule has 3 aromatic carbocycles. The summed E-state index contributed by atoms with van der Waals surface area (Å²) in [5.74, 6) is -2.00. The lowest BCUT2D eigenvalue weighted by molar-refractivity contribution is -0.161. The Bertz CT molecular complexity index is 1470. The summed E-state index contributed by atoms with van der Waals surface area (Å²) in [4.78, 5) is 29.6. The first-order valence-electron chi connectivity index (χ1n) is 15.3. The summed E-state index contributed by atoms with van der Waals surface area (Å²) >= 11 is 0. The number of unbranched alkanes of at least 4 members (excludes halogenated alkanes) is 1. The molecule has 5 rings (SSSR count). The third-order valence-corrected chi connectivity index (χ3v) is 8.36. The number of benzene rings is 3. The number of ether oxygens (including phenoxy) is 1. The average Bonchev–Trinajstić information content (AvgIpc) is 3.35. The molecule has 1 aliphatic carbocycles. The van der Waals surface area contributed by atoms with Crippen molar-refractivity contribution in [3.8, 4) is 16.9 Å². The Hall–Kier alpha value is -4.06. The number of hydrogen-bond acceptors (Lipinski definition) is 4. The number of hydrogen-bond donors (Lipinski definition) is 1. The first-order chi connectivity index (χ1) is 21.9. The number of nitrogens with zero attached hydrogens (tertiary/aromatic N) is 2. The standard InChI is InChI=1S/C34H35F6N3O3/c35-33(36,37)21-43(32(45)30-26-11-3-1-9-24(26)25-10-2-4-12-27(25)30)18-8-7-17-42-19-15-23(16-20-42)41-31(44)28-13-5-6-14-29(28)46-22-34(38,39)40/h1-6,9-14,23,30H,7-8,15-22H2,(H,41,44). The van der Waals surface area contributed by atoms with E-state index in [1.54, 1.807) is 30.3 Å². The molecule has 46 heavy (non-hydrogen) atoms. The van der Waals surface area contributed by atoms with Crippen LogP contribution in [0, 0.1) is 0 Å². The second kappa shape index (κ2) is 14.1. The molecule has 0 bridgehead atoms. The molecule has 246 valence electrons. The van der Waals surface area contributed by atoms with Crippen LogP contribution in [0.3, 0.4) is 0 Å². The average molecular weight is 648 g/mol. The Morgan fingerprint density at radius 1 is 0.804 bits per heavy atom. The van der Waals surface area contributed by atoms with Crippen LogP contribution < -0.4 is 10.1 Å². The van der Waals surface area contributed by atoms with Crippen molar-refractivity contribution >= 4 is 11.8 Å². The van der Waals surface area contributed by atoms with Crippen LogP contribution in [0.25, 0.3) is 11.1 Å². The number of halogens is 6. The lowest BCUT2D eigenvalue weighted by atomic mass is 9.95. The van der Waals surface area contributed by atoms with Gasteiger partial charge in [-0.25, -0.2) is 0 Å². The van der Waals surface area contributed by atoms with Gasteiger partial charge < -0.3 is 19.9 Å². The monoisotopic (exact) mass is 647 g/mol. The predicted octanol–water partition coefficient (Wildman–Crippen LogP) is 6.81. The molecule has 6 nitrogen and oxygen atoms in total. The Balaban J connectivity index is 1.11. The van der Waals surface area contributed by atoms with Crippen molar-refractivity contribution in [2.24, 2.45) is 0 Å². The third kappa shape index (κ3) is 8.39. The molecule has 0 aromatic heterocycles. The largest absolute Gasteiger partial charge is 0.483 e. The van der Waals surface area contributed by atoms with Gasteiger partial charge in [0.25, 0.3) is 5.91 Å². The second-order valence-corrected chi connectivity index (χ2v) is 11.7. The molecule has 0 spiro atoms. The molecule has 0 saturated carbocycles. The zero-order valence-electron chi connectivity index (χ0n) is 25.0. The maximum Gasteiger partial charge on any atom is 0.422 e. The molecule has 3 aromatic rings. The maximum absolute atomic E-state index is 13.7. The van der Waals surface area contributed by atoms with Crippen molar-refractivity contribution in [3.05, 3.63) is 89.5 Å². The minimum atomic E-state index is -4.54. The zero-order chi connectivity index (χ0) is 32.9. The van der Waals surface area contributed by atoms with Crippen molar-refractivity contribution in [1.82, 2.24) is 15.1 Å². The topological polar surface area (TPSA) is 61.9 Å². The van der Waals surface area contributed by atoms with Gasteiger partial charge >= 0.3 is 12.4 Å². The SMILES string of the molecule is O=C(NC1CCN(CCCCN(CC(F)(F)F)C(=O)C2c3ccccc3-c3ccccc32)CC1)c1ccccc1OCC(F)(F)F. The lowest BCUT2D eigenvalue weighted by Crippen LogP contribution is -2.45. The normalized spacial score (nSPS) is 15.7. The van der Waals surface area contributed by atoms with E-state index in [1.807, 2.05) is 24.3 Å². The molecule has 2 aliphatic rings. The Morgan fingerprint density at radius 2 is 1.39 bits per heavy atom. The van der Waals surface area contributed by atoms with Crippen molar-refractivity contribution in [3.63, 3.8) is 0 Å². The van der Waals surface area contributed by atoms with E-state index in [0.717, 1.165) is 16.0 Å². The number of carbonyl (C=O) groups excluding carboxylic acids is 2. The molecule has 0 unspecified atom stereocenters. The van der Waals surface area contributed by atoms with Crippen LogP contribution >= 0.6 is 0 Å². The smallest absolute Gasteiger partial charge is 0.422 e. The van der Waals surface area contributed by atoms with Crippen molar-refractivity contribution in [2.75, 3.05) is 39.3 Å². The van der Waals surface area contributed by atoms with E-state index in [0.29, 0.717) is 56.4 Å². The number of para-hydroxylation sites is 1. The van der Waals surface area contributed by atoms with Crippen LogP contribution in [-0.4, -0.2) is 79.3 Å². The Morgan fingerprint density at radius 3 is 2.00 bits per heavy atom. The van der Waals surface area contributed by atoms with Gasteiger partial charge in [-0.3, -0.25) is 9.59 Å². The van der Waals surface area contributed by atoms with Gasteiger partial charge in [0, 0.05) is 25.7 Å². The highest BCUT2D eigenvalue weighted by atomic mass is 19.4. The molecule has 2 amide bonds. The molecular weight excluding hydrogens is 612 g/mol. The number of rotatable bonds is 11. The molecule has 1 aliphatic heterocycles. The van der Waals surface area contributed by atoms with Gasteiger partial charge in [0.1, 0.15) is 12.3 Å². The number of fused-ring (bicyclic) bond motifs is 3. The summed E-state index contributed by atoms with van der Waals surface area (Å²) < 4.78 is 83.4. The van der Waals surface area contributed by atoms with Gasteiger partial charge in [-0.15, -0.1) is 0 Å². The van der Waals surface area contributed by atoms with E-state index in [1.165, 1.54) is 18.2 Å². The fourth-order valence-electron chi connectivity index (χ4n) is 6.23. The molecule has 1 saturated heterocycles.